The normalized spacial score (nSPS) is 14.1. The number of hydrogen-bond acceptors (Lipinski definition) is 2. The zero-order valence-corrected chi connectivity index (χ0v) is 6.03. The minimum atomic E-state index is 0.123. The molecular weight excluding hydrogens is 156 g/mol. The summed E-state index contributed by atoms with van der Waals surface area (Å²) >= 11 is 3.26. The predicted octanol–water partition coefficient (Wildman–Crippen LogP) is 0.276. The molecule has 0 radical (unpaired) electrons. The van der Waals surface area contributed by atoms with E-state index in [4.69, 9.17) is 5.73 Å². The largest absolute Gasteiger partial charge is 0.316 e. The van der Waals surface area contributed by atoms with Crippen molar-refractivity contribution in [2.75, 3.05) is 11.9 Å². The van der Waals surface area contributed by atoms with Crippen molar-refractivity contribution in [2.24, 2.45) is 5.73 Å². The molecule has 0 aromatic carbocycles. The van der Waals surface area contributed by atoms with Crippen molar-refractivity contribution in [3.05, 3.63) is 0 Å². The molecule has 0 aliphatic carbocycles. The lowest BCUT2D eigenvalue weighted by Gasteiger charge is -2.03. The van der Waals surface area contributed by atoms with Gasteiger partial charge in [-0.1, -0.05) is 15.9 Å². The third kappa shape index (κ3) is 6.40. The number of alkyl halides is 1. The third-order valence-corrected chi connectivity index (χ3v) is 0.957. The SMILES string of the molecule is CC(N)NCCBr. The van der Waals surface area contributed by atoms with Crippen LogP contribution in [0.5, 0.6) is 0 Å². The maximum absolute atomic E-state index is 5.35. The fraction of sp³-hybridized carbons (Fsp3) is 1.00. The highest BCUT2D eigenvalue weighted by Gasteiger charge is 1.86. The highest BCUT2D eigenvalue weighted by molar-refractivity contribution is 9.09. The van der Waals surface area contributed by atoms with Gasteiger partial charge >= 0.3 is 0 Å². The summed E-state index contributed by atoms with van der Waals surface area (Å²) in [4.78, 5) is 0. The monoisotopic (exact) mass is 166 g/mol. The van der Waals surface area contributed by atoms with E-state index in [2.05, 4.69) is 21.2 Å². The lowest BCUT2D eigenvalue weighted by molar-refractivity contribution is 0.593. The van der Waals surface area contributed by atoms with Crippen molar-refractivity contribution in [2.45, 2.75) is 13.1 Å². The summed E-state index contributed by atoms with van der Waals surface area (Å²) in [6.07, 6.45) is 0.123. The second-order valence-electron chi connectivity index (χ2n) is 1.43. The maximum atomic E-state index is 5.35. The van der Waals surface area contributed by atoms with Gasteiger partial charge < -0.3 is 11.1 Å². The molecule has 0 bridgehead atoms. The van der Waals surface area contributed by atoms with E-state index in [1.54, 1.807) is 0 Å². The van der Waals surface area contributed by atoms with Gasteiger partial charge in [0.2, 0.25) is 0 Å². The van der Waals surface area contributed by atoms with E-state index in [1.165, 1.54) is 0 Å². The lowest BCUT2D eigenvalue weighted by Crippen LogP contribution is -2.35. The van der Waals surface area contributed by atoms with E-state index in [1.807, 2.05) is 6.92 Å². The van der Waals surface area contributed by atoms with Gasteiger partial charge in [0.15, 0.2) is 0 Å². The molecule has 0 rings (SSSR count). The summed E-state index contributed by atoms with van der Waals surface area (Å²) in [6, 6.07) is 0. The van der Waals surface area contributed by atoms with E-state index in [0.29, 0.717) is 0 Å². The van der Waals surface area contributed by atoms with Gasteiger partial charge in [0, 0.05) is 11.9 Å². The quantitative estimate of drug-likeness (QED) is 0.467. The number of nitrogens with one attached hydrogen (secondary N) is 1. The molecule has 0 aliphatic rings. The van der Waals surface area contributed by atoms with Crippen molar-refractivity contribution in [3.63, 3.8) is 0 Å². The summed E-state index contributed by atoms with van der Waals surface area (Å²) in [5.41, 5.74) is 5.35. The van der Waals surface area contributed by atoms with Gasteiger partial charge in [-0.2, -0.15) is 0 Å². The predicted molar refractivity (Wildman–Crippen MR) is 35.4 cm³/mol. The van der Waals surface area contributed by atoms with Crippen LogP contribution >= 0.6 is 15.9 Å². The van der Waals surface area contributed by atoms with Crippen LogP contribution in [-0.2, 0) is 0 Å². The molecule has 1 unspecified atom stereocenters. The van der Waals surface area contributed by atoms with Gasteiger partial charge in [0.1, 0.15) is 0 Å². The van der Waals surface area contributed by atoms with E-state index in [-0.39, 0.29) is 6.17 Å². The molecule has 0 aromatic rings. The molecule has 0 aromatic heterocycles. The molecule has 0 aliphatic heterocycles. The fourth-order valence-electron chi connectivity index (χ4n) is 0.282. The van der Waals surface area contributed by atoms with E-state index < -0.39 is 0 Å². The van der Waals surface area contributed by atoms with Crippen LogP contribution in [0.25, 0.3) is 0 Å². The second kappa shape index (κ2) is 4.56. The maximum Gasteiger partial charge on any atom is 0.0517 e. The molecule has 0 saturated carbocycles. The van der Waals surface area contributed by atoms with Crippen LogP contribution < -0.4 is 11.1 Å². The van der Waals surface area contributed by atoms with Gasteiger partial charge in [-0.15, -0.1) is 0 Å². The summed E-state index contributed by atoms with van der Waals surface area (Å²) in [5.74, 6) is 0. The number of halogens is 1. The molecule has 7 heavy (non-hydrogen) atoms. The zero-order valence-electron chi connectivity index (χ0n) is 4.45. The standard InChI is InChI=1S/C4H11BrN2/c1-4(6)7-3-2-5/h4,7H,2-3,6H2,1H3. The van der Waals surface area contributed by atoms with E-state index >= 15 is 0 Å². The highest BCUT2D eigenvalue weighted by Crippen LogP contribution is 1.74. The second-order valence-corrected chi connectivity index (χ2v) is 2.22. The molecule has 1 atom stereocenters. The molecule has 0 heterocycles. The summed E-state index contributed by atoms with van der Waals surface area (Å²) < 4.78 is 0. The topological polar surface area (TPSA) is 38.0 Å². The Morgan fingerprint density at radius 1 is 1.86 bits per heavy atom. The van der Waals surface area contributed by atoms with Crippen LogP contribution in [0.1, 0.15) is 6.92 Å². The fourth-order valence-corrected chi connectivity index (χ4v) is 0.511. The highest BCUT2D eigenvalue weighted by atomic mass is 79.9. The van der Waals surface area contributed by atoms with Crippen molar-refractivity contribution >= 4 is 15.9 Å². The first-order valence-corrected chi connectivity index (χ1v) is 3.44. The third-order valence-electron chi connectivity index (χ3n) is 0.561. The first-order chi connectivity index (χ1) is 3.27. The van der Waals surface area contributed by atoms with Crippen LogP contribution in [0.2, 0.25) is 0 Å². The van der Waals surface area contributed by atoms with Gasteiger partial charge in [0.05, 0.1) is 6.17 Å². The Morgan fingerprint density at radius 3 is 2.57 bits per heavy atom. The van der Waals surface area contributed by atoms with Crippen LogP contribution in [0, 0.1) is 0 Å². The smallest absolute Gasteiger partial charge is 0.0517 e. The van der Waals surface area contributed by atoms with Crippen molar-refractivity contribution in [1.82, 2.24) is 5.32 Å². The van der Waals surface area contributed by atoms with E-state index in [0.717, 1.165) is 11.9 Å². The molecule has 0 amide bonds. The van der Waals surface area contributed by atoms with Crippen LogP contribution in [0.15, 0.2) is 0 Å². The molecule has 44 valence electrons. The van der Waals surface area contributed by atoms with Crippen LogP contribution in [0.3, 0.4) is 0 Å². The molecule has 0 fully saturated rings. The summed E-state index contributed by atoms with van der Waals surface area (Å²) in [5, 5.41) is 3.99. The van der Waals surface area contributed by atoms with E-state index in [9.17, 15) is 0 Å². The van der Waals surface area contributed by atoms with Gasteiger partial charge in [-0.3, -0.25) is 0 Å². The van der Waals surface area contributed by atoms with Crippen LogP contribution in [0.4, 0.5) is 0 Å². The first kappa shape index (κ1) is 7.40. The first-order valence-electron chi connectivity index (χ1n) is 2.32. The zero-order chi connectivity index (χ0) is 5.70. The molecular formula is C4H11BrN2. The minimum absolute atomic E-state index is 0.123. The average Bonchev–Trinajstić information content (AvgIpc) is 1.61. The number of nitrogens with two attached hydrogens (primary N) is 1. The lowest BCUT2D eigenvalue weighted by atomic mass is 10.6. The Kier molecular flexibility index (Phi) is 4.82. The molecule has 3 N–H and O–H groups in total. The molecule has 0 saturated heterocycles. The van der Waals surface area contributed by atoms with Crippen molar-refractivity contribution in [1.29, 1.82) is 0 Å². The Morgan fingerprint density at radius 2 is 2.43 bits per heavy atom. The molecule has 2 nitrogen and oxygen atoms in total. The van der Waals surface area contributed by atoms with Gasteiger partial charge in [-0.25, -0.2) is 0 Å². The van der Waals surface area contributed by atoms with Gasteiger partial charge in [0.25, 0.3) is 0 Å². The van der Waals surface area contributed by atoms with Crippen molar-refractivity contribution < 1.29 is 0 Å². The Balaban J connectivity index is 2.68. The van der Waals surface area contributed by atoms with Crippen molar-refractivity contribution in [3.8, 4) is 0 Å². The molecule has 0 spiro atoms. The summed E-state index contributed by atoms with van der Waals surface area (Å²) in [7, 11) is 0. The number of hydrogen-bond donors (Lipinski definition) is 2. The Labute approximate surface area is 52.6 Å². The Hall–Kier alpha value is 0.400. The van der Waals surface area contributed by atoms with Crippen LogP contribution in [-0.4, -0.2) is 18.0 Å². The summed E-state index contributed by atoms with van der Waals surface area (Å²) in [6.45, 7) is 2.86. The number of rotatable bonds is 3. The Bertz CT molecular complexity index is 38.7. The average molecular weight is 167 g/mol. The van der Waals surface area contributed by atoms with Gasteiger partial charge in [-0.05, 0) is 6.92 Å². The minimum Gasteiger partial charge on any atom is -0.316 e. The molecule has 3 heteroatoms.